The lowest BCUT2D eigenvalue weighted by Crippen LogP contribution is -2.10. The summed E-state index contributed by atoms with van der Waals surface area (Å²) < 4.78 is 2.38. The lowest BCUT2D eigenvalue weighted by Gasteiger charge is -2.27. The standard InChI is InChI=1S/C68H44N4/c1-3-17-55(18-4-1)71(58-30-32-66-63(41-58)59-21-9-10-24-65(59)72(66)56-19-5-2-6-20-56)57-29-31-62-64(42-57)68(52-16-12-14-47(39-52)49-26-25-45-33-35-70-44-54(45)40-49)61-23-8-7-22-60(61)67(62)51-15-11-13-46(38-51)48-27-28-53-43-69-36-34-50(53)37-48/h1-44H. The summed E-state index contributed by atoms with van der Waals surface area (Å²) in [4.78, 5) is 11.2. The molecule has 11 aromatic carbocycles. The van der Waals surface area contributed by atoms with Crippen molar-refractivity contribution in [2.75, 3.05) is 4.90 Å². The van der Waals surface area contributed by atoms with E-state index in [1.165, 1.54) is 81.9 Å². The summed E-state index contributed by atoms with van der Waals surface area (Å²) in [6.07, 6.45) is 7.61. The Hall–Kier alpha value is -9.64. The van der Waals surface area contributed by atoms with E-state index in [2.05, 4.69) is 262 Å². The van der Waals surface area contributed by atoms with Crippen LogP contribution in [0.3, 0.4) is 0 Å². The predicted octanol–water partition coefficient (Wildman–Crippen LogP) is 18.3. The van der Waals surface area contributed by atoms with E-state index in [9.17, 15) is 0 Å². The highest BCUT2D eigenvalue weighted by Crippen LogP contribution is 2.48. The highest BCUT2D eigenvalue weighted by molar-refractivity contribution is 6.22. The molecular formula is C68H44N4. The van der Waals surface area contributed by atoms with Crippen LogP contribution in [-0.4, -0.2) is 14.5 Å². The van der Waals surface area contributed by atoms with E-state index in [4.69, 9.17) is 0 Å². The summed E-state index contributed by atoms with van der Waals surface area (Å²) in [6, 6.07) is 88.9. The molecule has 0 atom stereocenters. The minimum absolute atomic E-state index is 1.07. The van der Waals surface area contributed by atoms with Crippen LogP contribution in [0.25, 0.3) is 115 Å². The molecule has 0 aliphatic heterocycles. The zero-order valence-electron chi connectivity index (χ0n) is 39.2. The van der Waals surface area contributed by atoms with E-state index in [1.54, 1.807) is 0 Å². The molecule has 4 nitrogen and oxygen atoms in total. The Morgan fingerprint density at radius 3 is 1.51 bits per heavy atom. The molecule has 3 aromatic heterocycles. The fourth-order valence-corrected chi connectivity index (χ4v) is 11.1. The summed E-state index contributed by atoms with van der Waals surface area (Å²) in [6.45, 7) is 0. The van der Waals surface area contributed by atoms with Crippen LogP contribution in [0.2, 0.25) is 0 Å². The number of para-hydroxylation sites is 3. The molecule has 14 aromatic rings. The van der Waals surface area contributed by atoms with Gasteiger partial charge in [-0.1, -0.05) is 146 Å². The van der Waals surface area contributed by atoms with Gasteiger partial charge in [0, 0.05) is 69.1 Å². The first-order chi connectivity index (χ1) is 35.7. The third-order valence-corrected chi connectivity index (χ3v) is 14.5. The Labute approximate surface area is 417 Å². The van der Waals surface area contributed by atoms with Crippen molar-refractivity contribution in [2.24, 2.45) is 0 Å². The highest BCUT2D eigenvalue weighted by atomic mass is 15.1. The smallest absolute Gasteiger partial charge is 0.0542 e. The van der Waals surface area contributed by atoms with Gasteiger partial charge in [-0.15, -0.1) is 0 Å². The molecule has 0 spiro atoms. The van der Waals surface area contributed by atoms with E-state index >= 15 is 0 Å². The van der Waals surface area contributed by atoms with Gasteiger partial charge in [-0.05, 0) is 174 Å². The van der Waals surface area contributed by atoms with Crippen LogP contribution >= 0.6 is 0 Å². The van der Waals surface area contributed by atoms with Gasteiger partial charge in [0.15, 0.2) is 0 Å². The Kier molecular flexibility index (Phi) is 9.82. The number of rotatable bonds is 8. The van der Waals surface area contributed by atoms with E-state index in [0.29, 0.717) is 0 Å². The summed E-state index contributed by atoms with van der Waals surface area (Å²) in [5.41, 5.74) is 16.1. The quantitative estimate of drug-likeness (QED) is 0.142. The SMILES string of the molecule is c1ccc(N(c2ccc3c(-c4cccc(-c5ccc6cnccc6c5)c4)c4ccccc4c(-c4cccc(-c5ccc6ccncc6c5)c4)c3c2)c2ccc3c(c2)c2ccccc2n3-c2ccccc2)cc1. The lowest BCUT2D eigenvalue weighted by molar-refractivity contribution is 1.18. The molecule has 0 bridgehead atoms. The lowest BCUT2D eigenvalue weighted by atomic mass is 9.84. The zero-order valence-corrected chi connectivity index (χ0v) is 39.2. The van der Waals surface area contributed by atoms with Crippen LogP contribution in [-0.2, 0) is 0 Å². The number of pyridine rings is 2. The fraction of sp³-hybridized carbons (Fsp3) is 0. The molecular weight excluding hydrogens is 873 g/mol. The maximum atomic E-state index is 4.45. The van der Waals surface area contributed by atoms with Crippen molar-refractivity contribution in [3.63, 3.8) is 0 Å². The second-order valence-corrected chi connectivity index (χ2v) is 18.6. The summed E-state index contributed by atoms with van der Waals surface area (Å²) >= 11 is 0. The Bertz CT molecular complexity index is 4400. The van der Waals surface area contributed by atoms with Crippen LogP contribution in [0.1, 0.15) is 0 Å². The van der Waals surface area contributed by atoms with Crippen molar-refractivity contribution in [3.8, 4) is 50.2 Å². The van der Waals surface area contributed by atoms with Gasteiger partial charge in [-0.2, -0.15) is 0 Å². The number of aromatic nitrogens is 3. The molecule has 3 heterocycles. The molecule has 0 fully saturated rings. The minimum Gasteiger partial charge on any atom is -0.310 e. The first-order valence-electron chi connectivity index (χ1n) is 24.5. The van der Waals surface area contributed by atoms with Crippen molar-refractivity contribution < 1.29 is 0 Å². The van der Waals surface area contributed by atoms with Crippen LogP contribution in [0.15, 0.2) is 267 Å². The van der Waals surface area contributed by atoms with Gasteiger partial charge in [0.05, 0.1) is 11.0 Å². The van der Waals surface area contributed by atoms with Gasteiger partial charge in [-0.3, -0.25) is 9.97 Å². The van der Waals surface area contributed by atoms with Crippen LogP contribution < -0.4 is 4.90 Å². The largest absolute Gasteiger partial charge is 0.310 e. The number of nitrogens with zero attached hydrogens (tertiary/aromatic N) is 4. The summed E-state index contributed by atoms with van der Waals surface area (Å²) in [7, 11) is 0. The first-order valence-corrected chi connectivity index (χ1v) is 24.5. The Balaban J connectivity index is 1.02. The summed E-state index contributed by atoms with van der Waals surface area (Å²) in [5, 5.41) is 11.8. The molecule has 0 aliphatic carbocycles. The molecule has 0 saturated carbocycles. The first kappa shape index (κ1) is 41.3. The normalized spacial score (nSPS) is 11.6. The third-order valence-electron chi connectivity index (χ3n) is 14.5. The van der Waals surface area contributed by atoms with Gasteiger partial charge in [0.1, 0.15) is 0 Å². The minimum atomic E-state index is 1.07. The number of hydrogen-bond acceptors (Lipinski definition) is 3. The Morgan fingerprint density at radius 1 is 0.278 bits per heavy atom. The second kappa shape index (κ2) is 17.1. The van der Waals surface area contributed by atoms with Crippen molar-refractivity contribution in [1.29, 1.82) is 0 Å². The highest BCUT2D eigenvalue weighted by Gasteiger charge is 2.22. The van der Waals surface area contributed by atoms with Crippen molar-refractivity contribution in [1.82, 2.24) is 14.5 Å². The second-order valence-electron chi connectivity index (χ2n) is 18.6. The van der Waals surface area contributed by atoms with E-state index in [-0.39, 0.29) is 0 Å². The molecule has 4 heteroatoms. The van der Waals surface area contributed by atoms with Gasteiger partial charge < -0.3 is 9.47 Å². The predicted molar refractivity (Wildman–Crippen MR) is 303 cm³/mol. The van der Waals surface area contributed by atoms with Crippen LogP contribution in [0.5, 0.6) is 0 Å². The molecule has 0 saturated heterocycles. The van der Waals surface area contributed by atoms with Crippen molar-refractivity contribution in [3.05, 3.63) is 267 Å². The topological polar surface area (TPSA) is 34.0 Å². The average molecular weight is 917 g/mol. The average Bonchev–Trinajstić information content (AvgIpc) is 3.78. The number of fused-ring (bicyclic) bond motifs is 7. The fourth-order valence-electron chi connectivity index (χ4n) is 11.1. The number of hydrogen-bond donors (Lipinski definition) is 0. The molecule has 14 rings (SSSR count). The summed E-state index contributed by atoms with van der Waals surface area (Å²) in [5.74, 6) is 0. The van der Waals surface area contributed by atoms with Crippen LogP contribution in [0, 0.1) is 0 Å². The van der Waals surface area contributed by atoms with Crippen LogP contribution in [0.4, 0.5) is 17.1 Å². The maximum absolute atomic E-state index is 4.45. The number of anilines is 3. The molecule has 336 valence electrons. The third kappa shape index (κ3) is 7.00. The monoisotopic (exact) mass is 916 g/mol. The van der Waals surface area contributed by atoms with E-state index in [0.717, 1.165) is 50.2 Å². The molecule has 0 radical (unpaired) electrons. The maximum Gasteiger partial charge on any atom is 0.0542 e. The molecule has 0 aliphatic rings. The zero-order chi connectivity index (χ0) is 47.5. The molecule has 72 heavy (non-hydrogen) atoms. The van der Waals surface area contributed by atoms with Gasteiger partial charge >= 0.3 is 0 Å². The van der Waals surface area contributed by atoms with Gasteiger partial charge in [0.2, 0.25) is 0 Å². The van der Waals surface area contributed by atoms with Crippen molar-refractivity contribution in [2.45, 2.75) is 0 Å². The molecule has 0 unspecified atom stereocenters. The van der Waals surface area contributed by atoms with Gasteiger partial charge in [0.25, 0.3) is 0 Å². The van der Waals surface area contributed by atoms with Gasteiger partial charge in [-0.25, -0.2) is 0 Å². The number of benzene rings is 11. The molecule has 0 N–H and O–H groups in total. The van der Waals surface area contributed by atoms with E-state index in [1.807, 2.05) is 24.8 Å². The molecule has 0 amide bonds. The van der Waals surface area contributed by atoms with Crippen molar-refractivity contribution >= 4 is 82.0 Å². The van der Waals surface area contributed by atoms with E-state index < -0.39 is 0 Å². The Morgan fingerprint density at radius 2 is 0.792 bits per heavy atom.